The lowest BCUT2D eigenvalue weighted by molar-refractivity contribution is -0.117. The maximum Gasteiger partial charge on any atom is 0.319 e. The molecule has 5 nitrogen and oxygen atoms in total. The van der Waals surface area contributed by atoms with Crippen molar-refractivity contribution in [3.63, 3.8) is 0 Å². The van der Waals surface area contributed by atoms with E-state index in [1.165, 1.54) is 0 Å². The zero-order valence-corrected chi connectivity index (χ0v) is 14.7. The minimum absolute atomic E-state index is 0.0853. The summed E-state index contributed by atoms with van der Waals surface area (Å²) in [6.45, 7) is 3.05. The van der Waals surface area contributed by atoms with Crippen LogP contribution in [0.1, 0.15) is 12.0 Å². The molecule has 2 aromatic rings. The molecule has 0 unspecified atom stereocenters. The van der Waals surface area contributed by atoms with Gasteiger partial charge in [-0.1, -0.05) is 41.4 Å². The Bertz CT molecular complexity index is 776. The number of para-hydroxylation sites is 1. The van der Waals surface area contributed by atoms with Gasteiger partial charge >= 0.3 is 6.03 Å². The standard InChI is InChI=1S/C19H20ClN3O2/c1-13-6-8-15(9-7-13)23-12-14(10-18(23)24)11-21-19(25)22-17-5-3-2-4-16(17)20/h2-9,14H,10-12H2,1H3,(H2,21,22,25)/t14-/m0/s1. The topological polar surface area (TPSA) is 61.4 Å². The summed E-state index contributed by atoms with van der Waals surface area (Å²) in [5.41, 5.74) is 2.62. The number of hydrogen-bond acceptors (Lipinski definition) is 2. The fourth-order valence-corrected chi connectivity index (χ4v) is 3.04. The van der Waals surface area contributed by atoms with Gasteiger partial charge in [0.15, 0.2) is 0 Å². The van der Waals surface area contributed by atoms with Crippen LogP contribution in [-0.4, -0.2) is 25.0 Å². The highest BCUT2D eigenvalue weighted by molar-refractivity contribution is 6.33. The van der Waals surface area contributed by atoms with Gasteiger partial charge in [-0.25, -0.2) is 4.79 Å². The minimum Gasteiger partial charge on any atom is -0.338 e. The molecule has 1 heterocycles. The van der Waals surface area contributed by atoms with Gasteiger partial charge in [0.1, 0.15) is 0 Å². The van der Waals surface area contributed by atoms with Gasteiger partial charge in [-0.05, 0) is 31.2 Å². The number of halogens is 1. The average Bonchev–Trinajstić information content (AvgIpc) is 2.97. The van der Waals surface area contributed by atoms with E-state index in [1.54, 1.807) is 29.2 Å². The van der Waals surface area contributed by atoms with Crippen LogP contribution in [0.3, 0.4) is 0 Å². The van der Waals surface area contributed by atoms with Crippen molar-refractivity contribution in [1.29, 1.82) is 0 Å². The first kappa shape index (κ1) is 17.3. The van der Waals surface area contributed by atoms with Crippen LogP contribution in [0.15, 0.2) is 48.5 Å². The summed E-state index contributed by atoms with van der Waals surface area (Å²) in [4.78, 5) is 26.0. The second-order valence-electron chi connectivity index (χ2n) is 6.22. The fraction of sp³-hybridized carbons (Fsp3) is 0.263. The van der Waals surface area contributed by atoms with E-state index in [1.807, 2.05) is 31.2 Å². The predicted molar refractivity (Wildman–Crippen MR) is 100 cm³/mol. The van der Waals surface area contributed by atoms with E-state index in [0.29, 0.717) is 30.2 Å². The van der Waals surface area contributed by atoms with Crippen LogP contribution in [0.25, 0.3) is 0 Å². The third kappa shape index (κ3) is 4.31. The number of nitrogens with one attached hydrogen (secondary N) is 2. The average molecular weight is 358 g/mol. The predicted octanol–water partition coefficient (Wildman–Crippen LogP) is 3.82. The third-order valence-corrected chi connectivity index (χ3v) is 4.55. The highest BCUT2D eigenvalue weighted by Gasteiger charge is 2.30. The Kier molecular flexibility index (Phi) is 5.24. The number of rotatable bonds is 4. The first-order valence-corrected chi connectivity index (χ1v) is 8.57. The number of benzene rings is 2. The maximum absolute atomic E-state index is 12.2. The molecule has 130 valence electrons. The first-order chi connectivity index (χ1) is 12.0. The van der Waals surface area contributed by atoms with E-state index in [2.05, 4.69) is 10.6 Å². The number of nitrogens with zero attached hydrogens (tertiary/aromatic N) is 1. The van der Waals surface area contributed by atoms with E-state index in [4.69, 9.17) is 11.6 Å². The van der Waals surface area contributed by atoms with Gasteiger partial charge in [-0.3, -0.25) is 4.79 Å². The van der Waals surface area contributed by atoms with Gasteiger partial charge in [-0.2, -0.15) is 0 Å². The molecule has 1 atom stereocenters. The molecule has 0 bridgehead atoms. The number of anilines is 2. The highest BCUT2D eigenvalue weighted by atomic mass is 35.5. The summed E-state index contributed by atoms with van der Waals surface area (Å²) in [5, 5.41) is 6.01. The van der Waals surface area contributed by atoms with Crippen molar-refractivity contribution in [2.45, 2.75) is 13.3 Å². The summed E-state index contributed by atoms with van der Waals surface area (Å²) in [5.74, 6) is 0.174. The lowest BCUT2D eigenvalue weighted by Gasteiger charge is -2.17. The molecule has 0 spiro atoms. The Morgan fingerprint density at radius 1 is 1.20 bits per heavy atom. The van der Waals surface area contributed by atoms with Crippen molar-refractivity contribution < 1.29 is 9.59 Å². The molecule has 1 saturated heterocycles. The van der Waals surface area contributed by atoms with E-state index < -0.39 is 0 Å². The Morgan fingerprint density at radius 2 is 1.92 bits per heavy atom. The number of hydrogen-bond donors (Lipinski definition) is 2. The van der Waals surface area contributed by atoms with E-state index in [-0.39, 0.29) is 17.9 Å². The van der Waals surface area contributed by atoms with Gasteiger partial charge in [0, 0.05) is 31.1 Å². The second-order valence-corrected chi connectivity index (χ2v) is 6.63. The highest BCUT2D eigenvalue weighted by Crippen LogP contribution is 2.25. The molecule has 2 aromatic carbocycles. The number of urea groups is 1. The number of amides is 3. The van der Waals surface area contributed by atoms with Crippen LogP contribution < -0.4 is 15.5 Å². The molecular weight excluding hydrogens is 338 g/mol. The molecule has 0 aliphatic carbocycles. The molecule has 0 aromatic heterocycles. The number of aryl methyl sites for hydroxylation is 1. The molecule has 3 amide bonds. The SMILES string of the molecule is Cc1ccc(N2C[C@H](CNC(=O)Nc3ccccc3Cl)CC2=O)cc1. The second kappa shape index (κ2) is 7.57. The van der Waals surface area contributed by atoms with Crippen molar-refractivity contribution in [3.8, 4) is 0 Å². The van der Waals surface area contributed by atoms with Crippen molar-refractivity contribution in [1.82, 2.24) is 5.32 Å². The minimum atomic E-state index is -0.325. The Labute approximate surface area is 152 Å². The van der Waals surface area contributed by atoms with Crippen molar-refractivity contribution >= 4 is 34.9 Å². The lowest BCUT2D eigenvalue weighted by Crippen LogP contribution is -2.34. The lowest BCUT2D eigenvalue weighted by atomic mass is 10.1. The van der Waals surface area contributed by atoms with Crippen LogP contribution in [-0.2, 0) is 4.79 Å². The van der Waals surface area contributed by atoms with E-state index in [9.17, 15) is 9.59 Å². The smallest absolute Gasteiger partial charge is 0.319 e. The van der Waals surface area contributed by atoms with Gasteiger partial charge in [0.05, 0.1) is 10.7 Å². The Morgan fingerprint density at radius 3 is 2.64 bits per heavy atom. The van der Waals surface area contributed by atoms with Crippen molar-refractivity contribution in [2.24, 2.45) is 5.92 Å². The molecule has 1 aliphatic heterocycles. The van der Waals surface area contributed by atoms with Gasteiger partial charge in [0.2, 0.25) is 5.91 Å². The fourth-order valence-electron chi connectivity index (χ4n) is 2.86. The zero-order valence-electron chi connectivity index (χ0n) is 14.0. The molecule has 0 radical (unpaired) electrons. The van der Waals surface area contributed by atoms with Crippen LogP contribution in [0.2, 0.25) is 5.02 Å². The van der Waals surface area contributed by atoms with Crippen LogP contribution in [0.4, 0.5) is 16.2 Å². The molecule has 3 rings (SSSR count). The van der Waals surface area contributed by atoms with Gasteiger partial charge < -0.3 is 15.5 Å². The zero-order chi connectivity index (χ0) is 17.8. The largest absolute Gasteiger partial charge is 0.338 e. The number of carbonyl (C=O) groups excluding carboxylic acids is 2. The molecule has 1 fully saturated rings. The molecule has 6 heteroatoms. The normalized spacial score (nSPS) is 16.8. The van der Waals surface area contributed by atoms with Crippen molar-refractivity contribution in [2.75, 3.05) is 23.3 Å². The molecular formula is C19H20ClN3O2. The van der Waals surface area contributed by atoms with Crippen LogP contribution in [0.5, 0.6) is 0 Å². The monoisotopic (exact) mass is 357 g/mol. The Hall–Kier alpha value is -2.53. The van der Waals surface area contributed by atoms with E-state index >= 15 is 0 Å². The molecule has 0 saturated carbocycles. The van der Waals surface area contributed by atoms with Gasteiger partial charge in [0.25, 0.3) is 0 Å². The summed E-state index contributed by atoms with van der Waals surface area (Å²) in [7, 11) is 0. The summed E-state index contributed by atoms with van der Waals surface area (Å²) in [6, 6.07) is 14.6. The van der Waals surface area contributed by atoms with Crippen LogP contribution >= 0.6 is 11.6 Å². The maximum atomic E-state index is 12.2. The summed E-state index contributed by atoms with van der Waals surface area (Å²) >= 11 is 6.02. The van der Waals surface area contributed by atoms with Gasteiger partial charge in [-0.15, -0.1) is 0 Å². The first-order valence-electron chi connectivity index (χ1n) is 8.19. The summed E-state index contributed by atoms with van der Waals surface area (Å²) in [6.07, 6.45) is 0.431. The summed E-state index contributed by atoms with van der Waals surface area (Å²) < 4.78 is 0. The molecule has 25 heavy (non-hydrogen) atoms. The van der Waals surface area contributed by atoms with Crippen molar-refractivity contribution in [3.05, 3.63) is 59.1 Å². The molecule has 2 N–H and O–H groups in total. The third-order valence-electron chi connectivity index (χ3n) is 4.22. The number of carbonyl (C=O) groups is 2. The van der Waals surface area contributed by atoms with Crippen LogP contribution in [0, 0.1) is 12.8 Å². The molecule has 1 aliphatic rings. The Balaban J connectivity index is 1.52. The quantitative estimate of drug-likeness (QED) is 0.873. The van der Waals surface area contributed by atoms with E-state index in [0.717, 1.165) is 11.3 Å².